The van der Waals surface area contributed by atoms with Gasteiger partial charge in [-0.15, -0.1) is 0 Å². The molecule has 1 heterocycles. The highest BCUT2D eigenvalue weighted by molar-refractivity contribution is 6.38. The second-order valence-electron chi connectivity index (χ2n) is 7.19. The number of nitrogens with one attached hydrogen (secondary N) is 1. The number of rotatable bonds is 8. The summed E-state index contributed by atoms with van der Waals surface area (Å²) in [4.78, 5) is 50.5. The Kier molecular flexibility index (Phi) is 6.84. The summed E-state index contributed by atoms with van der Waals surface area (Å²) in [6, 6.07) is 14.2. The van der Waals surface area contributed by atoms with Gasteiger partial charge in [-0.3, -0.25) is 19.2 Å². The second-order valence-corrected chi connectivity index (χ2v) is 7.62. The first-order chi connectivity index (χ1) is 14.3. The first-order valence-electron chi connectivity index (χ1n) is 9.57. The molecule has 1 aliphatic rings. The van der Waals surface area contributed by atoms with E-state index in [9.17, 15) is 19.2 Å². The van der Waals surface area contributed by atoms with Gasteiger partial charge in [0, 0.05) is 24.4 Å². The summed E-state index contributed by atoms with van der Waals surface area (Å²) >= 11 is 6.01. The summed E-state index contributed by atoms with van der Waals surface area (Å²) in [6.45, 7) is 0.227. The van der Waals surface area contributed by atoms with E-state index in [1.807, 2.05) is 12.1 Å². The fourth-order valence-electron chi connectivity index (χ4n) is 3.54. The van der Waals surface area contributed by atoms with Crippen LogP contribution < -0.4 is 11.1 Å². The van der Waals surface area contributed by atoms with Gasteiger partial charge in [-0.1, -0.05) is 54.1 Å². The van der Waals surface area contributed by atoms with E-state index in [1.54, 1.807) is 42.5 Å². The van der Waals surface area contributed by atoms with Crippen molar-refractivity contribution in [3.05, 3.63) is 70.7 Å². The zero-order valence-electron chi connectivity index (χ0n) is 16.2. The summed E-state index contributed by atoms with van der Waals surface area (Å²) < 4.78 is 0. The minimum Gasteiger partial charge on any atom is -0.363 e. The lowest BCUT2D eigenvalue weighted by Gasteiger charge is -2.26. The van der Waals surface area contributed by atoms with Gasteiger partial charge in [-0.05, 0) is 29.7 Å². The molecule has 0 aliphatic carbocycles. The highest BCUT2D eigenvalue weighted by Crippen LogP contribution is 2.23. The Labute approximate surface area is 179 Å². The first-order valence-corrected chi connectivity index (χ1v) is 9.95. The largest absolute Gasteiger partial charge is 0.363 e. The Morgan fingerprint density at radius 2 is 1.80 bits per heavy atom. The molecule has 0 saturated carbocycles. The van der Waals surface area contributed by atoms with Crippen molar-refractivity contribution in [3.8, 4) is 0 Å². The number of hydrogen-bond acceptors (Lipinski definition) is 4. The molecule has 1 unspecified atom stereocenters. The van der Waals surface area contributed by atoms with Gasteiger partial charge in [0.25, 0.3) is 5.91 Å². The Morgan fingerprint density at radius 3 is 2.47 bits per heavy atom. The summed E-state index contributed by atoms with van der Waals surface area (Å²) in [7, 11) is 0. The molecule has 1 fully saturated rings. The first kappa shape index (κ1) is 21.5. The van der Waals surface area contributed by atoms with Gasteiger partial charge in [0.15, 0.2) is 0 Å². The molecule has 30 heavy (non-hydrogen) atoms. The Hall–Kier alpha value is -3.19. The number of benzene rings is 2. The van der Waals surface area contributed by atoms with E-state index in [-0.39, 0.29) is 25.3 Å². The van der Waals surface area contributed by atoms with Crippen LogP contribution >= 0.6 is 11.6 Å². The Bertz CT molecular complexity index is 964. The van der Waals surface area contributed by atoms with Crippen molar-refractivity contribution in [2.24, 2.45) is 5.73 Å². The average Bonchev–Trinajstić information content (AvgIpc) is 3.08. The second kappa shape index (κ2) is 9.54. The normalized spacial score (nSPS) is 16.9. The molecular weight excluding hydrogens is 406 g/mol. The fraction of sp³-hybridized carbons (Fsp3) is 0.273. The maximum atomic E-state index is 13.0. The van der Waals surface area contributed by atoms with Crippen LogP contribution in [0.4, 0.5) is 0 Å². The molecule has 2 aromatic carbocycles. The van der Waals surface area contributed by atoms with Gasteiger partial charge in [-0.2, -0.15) is 0 Å². The number of ketones is 1. The SMILES string of the molecule is NC(=O)C(=O)C(Cc1ccccc1)NC(=O)[C@H]1CCC(=O)N1Cc1cccc(Cl)c1. The molecule has 2 atom stereocenters. The molecule has 1 aliphatic heterocycles. The van der Waals surface area contributed by atoms with Crippen LogP contribution in [0.5, 0.6) is 0 Å². The highest BCUT2D eigenvalue weighted by Gasteiger charge is 2.38. The number of nitrogens with two attached hydrogens (primary N) is 1. The van der Waals surface area contributed by atoms with Gasteiger partial charge in [0.05, 0.1) is 0 Å². The van der Waals surface area contributed by atoms with Gasteiger partial charge in [0.1, 0.15) is 12.1 Å². The summed E-state index contributed by atoms with van der Waals surface area (Å²) in [5, 5.41) is 3.16. The van der Waals surface area contributed by atoms with Crippen molar-refractivity contribution in [2.45, 2.75) is 37.9 Å². The number of primary amides is 1. The van der Waals surface area contributed by atoms with Crippen molar-refractivity contribution in [1.29, 1.82) is 0 Å². The van der Waals surface area contributed by atoms with E-state index in [1.165, 1.54) is 4.90 Å². The van der Waals surface area contributed by atoms with Crippen molar-refractivity contribution >= 4 is 35.1 Å². The predicted molar refractivity (Wildman–Crippen MR) is 111 cm³/mol. The van der Waals surface area contributed by atoms with Crippen molar-refractivity contribution < 1.29 is 19.2 Å². The molecule has 1 saturated heterocycles. The van der Waals surface area contributed by atoms with Crippen LogP contribution in [0.3, 0.4) is 0 Å². The van der Waals surface area contributed by atoms with Gasteiger partial charge < -0.3 is 16.0 Å². The molecule has 2 aromatic rings. The van der Waals surface area contributed by atoms with Crippen LogP contribution in [0.2, 0.25) is 5.02 Å². The Morgan fingerprint density at radius 1 is 1.10 bits per heavy atom. The van der Waals surface area contributed by atoms with E-state index in [0.29, 0.717) is 11.4 Å². The fourth-order valence-corrected chi connectivity index (χ4v) is 3.75. The zero-order chi connectivity index (χ0) is 21.7. The number of amides is 3. The van der Waals surface area contributed by atoms with Crippen LogP contribution in [0, 0.1) is 0 Å². The minimum atomic E-state index is -1.12. The molecule has 0 spiro atoms. The third-order valence-corrected chi connectivity index (χ3v) is 5.27. The number of hydrogen-bond donors (Lipinski definition) is 2. The lowest BCUT2D eigenvalue weighted by atomic mass is 10.0. The smallest absolute Gasteiger partial charge is 0.287 e. The van der Waals surface area contributed by atoms with Crippen LogP contribution in [0.1, 0.15) is 24.0 Å². The maximum absolute atomic E-state index is 13.0. The van der Waals surface area contributed by atoms with Crippen LogP contribution in [0.15, 0.2) is 54.6 Å². The molecule has 0 radical (unpaired) electrons. The monoisotopic (exact) mass is 427 g/mol. The molecule has 3 N–H and O–H groups in total. The molecular formula is C22H22ClN3O4. The lowest BCUT2D eigenvalue weighted by Crippen LogP contribution is -2.53. The van der Waals surface area contributed by atoms with Crippen LogP contribution in [-0.2, 0) is 32.1 Å². The summed E-state index contributed by atoms with van der Waals surface area (Å²) in [6.07, 6.45) is 0.684. The van der Waals surface area contributed by atoms with E-state index in [0.717, 1.165) is 11.1 Å². The Balaban J connectivity index is 1.75. The number of carbonyl (C=O) groups excluding carboxylic acids is 4. The third-order valence-electron chi connectivity index (χ3n) is 5.03. The van der Waals surface area contributed by atoms with Gasteiger partial charge >= 0.3 is 0 Å². The number of likely N-dealkylation sites (tertiary alicyclic amines) is 1. The lowest BCUT2D eigenvalue weighted by molar-refractivity contribution is -0.140. The quantitative estimate of drug-likeness (QED) is 0.623. The zero-order valence-corrected chi connectivity index (χ0v) is 17.0. The molecule has 156 valence electrons. The number of halogens is 1. The van der Waals surface area contributed by atoms with E-state index in [4.69, 9.17) is 17.3 Å². The van der Waals surface area contributed by atoms with E-state index in [2.05, 4.69) is 5.32 Å². The standard InChI is InChI=1S/C22H22ClN3O4/c23-16-8-4-7-15(11-16)13-26-18(9-10-19(26)27)22(30)25-17(20(28)21(24)29)12-14-5-2-1-3-6-14/h1-8,11,17-18H,9-10,12-13H2,(H2,24,29)(H,25,30)/t17?,18-/m1/s1. The number of carbonyl (C=O) groups is 4. The maximum Gasteiger partial charge on any atom is 0.287 e. The highest BCUT2D eigenvalue weighted by atomic mass is 35.5. The molecule has 0 aromatic heterocycles. The minimum absolute atomic E-state index is 0.128. The third kappa shape index (κ3) is 5.24. The van der Waals surface area contributed by atoms with Crippen molar-refractivity contribution in [2.75, 3.05) is 0 Å². The number of nitrogens with zero attached hydrogens (tertiary/aromatic N) is 1. The summed E-state index contributed by atoms with van der Waals surface area (Å²) in [5.41, 5.74) is 6.74. The van der Waals surface area contributed by atoms with Crippen LogP contribution in [0.25, 0.3) is 0 Å². The average molecular weight is 428 g/mol. The van der Waals surface area contributed by atoms with E-state index >= 15 is 0 Å². The predicted octanol–water partition coefficient (Wildman–Crippen LogP) is 1.61. The van der Waals surface area contributed by atoms with E-state index < -0.39 is 29.7 Å². The molecule has 8 heteroatoms. The van der Waals surface area contributed by atoms with Gasteiger partial charge in [0.2, 0.25) is 17.6 Å². The molecule has 3 rings (SSSR count). The summed E-state index contributed by atoms with van der Waals surface area (Å²) in [5.74, 6) is -2.64. The van der Waals surface area contributed by atoms with Crippen LogP contribution in [-0.4, -0.2) is 40.5 Å². The topological polar surface area (TPSA) is 110 Å². The molecule has 0 bridgehead atoms. The van der Waals surface area contributed by atoms with Gasteiger partial charge in [-0.25, -0.2) is 0 Å². The molecule has 7 nitrogen and oxygen atoms in total. The van der Waals surface area contributed by atoms with Crippen molar-refractivity contribution in [1.82, 2.24) is 10.2 Å². The van der Waals surface area contributed by atoms with Crippen molar-refractivity contribution in [3.63, 3.8) is 0 Å². The molecule has 3 amide bonds. The number of Topliss-reactive ketones (excluding diaryl/α,β-unsaturated/α-hetero) is 1.